The van der Waals surface area contributed by atoms with Crippen LogP contribution in [0.2, 0.25) is 0 Å². The number of hydrogen-bond donors (Lipinski definition) is 2. The van der Waals surface area contributed by atoms with Gasteiger partial charge in [0.05, 0.1) is 34.9 Å². The topological polar surface area (TPSA) is 116 Å². The largest absolute Gasteiger partial charge is 0.493 e. The molecular formula is C21H23N3O5S. The summed E-state index contributed by atoms with van der Waals surface area (Å²) < 4.78 is 35.1. The minimum absolute atomic E-state index is 0.0371. The highest BCUT2D eigenvalue weighted by molar-refractivity contribution is 7.89. The Bertz CT molecular complexity index is 1320. The van der Waals surface area contributed by atoms with Crippen molar-refractivity contribution < 1.29 is 17.9 Å². The monoisotopic (exact) mass is 429 g/mol. The lowest BCUT2D eigenvalue weighted by Crippen LogP contribution is -2.33. The third kappa shape index (κ3) is 4.47. The van der Waals surface area contributed by atoms with Crippen molar-refractivity contribution in [3.63, 3.8) is 0 Å². The third-order valence-corrected chi connectivity index (χ3v) is 5.32. The van der Waals surface area contributed by atoms with Gasteiger partial charge in [-0.15, -0.1) is 0 Å². The fourth-order valence-electron chi connectivity index (χ4n) is 2.88. The molecule has 0 saturated heterocycles. The third-order valence-electron chi connectivity index (χ3n) is 4.39. The number of nitrogens with two attached hydrogens (primary N) is 1. The number of nitrogens with one attached hydrogen (secondary N) is 1. The van der Waals surface area contributed by atoms with Gasteiger partial charge in [-0.2, -0.15) is 0 Å². The normalized spacial score (nSPS) is 12.2. The van der Waals surface area contributed by atoms with E-state index in [9.17, 15) is 13.2 Å². The van der Waals surface area contributed by atoms with Gasteiger partial charge in [0.25, 0.3) is 5.56 Å². The standard InChI is InChI=1S/C21H23N3O5S/c1-4-11-29-19-10-5-15(13-20(19)28-3)12-18-14(2)23-24(21(18)25)16-6-8-17(9-7-16)30(22,26)27/h5-10,12-13,23H,2,4,11H2,1,3H3,(H2,22,26,27)/b18-12+. The maximum Gasteiger partial charge on any atom is 0.279 e. The van der Waals surface area contributed by atoms with Gasteiger partial charge < -0.3 is 9.47 Å². The van der Waals surface area contributed by atoms with Crippen molar-refractivity contribution in [2.75, 3.05) is 13.7 Å². The zero-order valence-electron chi connectivity index (χ0n) is 16.7. The van der Waals surface area contributed by atoms with E-state index in [4.69, 9.17) is 14.6 Å². The number of ether oxygens (including phenoxy) is 2. The second-order valence-electron chi connectivity index (χ2n) is 6.59. The van der Waals surface area contributed by atoms with Crippen LogP contribution < -0.4 is 30.7 Å². The minimum atomic E-state index is -3.81. The van der Waals surface area contributed by atoms with Crippen LogP contribution in [0.5, 0.6) is 11.5 Å². The van der Waals surface area contributed by atoms with E-state index in [0.717, 1.165) is 12.0 Å². The zero-order chi connectivity index (χ0) is 21.9. The molecule has 1 heterocycles. The molecule has 0 aliphatic heterocycles. The Balaban J connectivity index is 2.03. The number of sulfonamides is 1. The molecule has 0 spiro atoms. The van der Waals surface area contributed by atoms with Crippen molar-refractivity contribution in [3.05, 3.63) is 68.9 Å². The Morgan fingerprint density at radius 2 is 1.87 bits per heavy atom. The van der Waals surface area contributed by atoms with Gasteiger partial charge in [0, 0.05) is 0 Å². The van der Waals surface area contributed by atoms with Crippen LogP contribution in [0, 0.1) is 0 Å². The highest BCUT2D eigenvalue weighted by Crippen LogP contribution is 2.28. The maximum absolute atomic E-state index is 12.9. The number of nitrogens with zero attached hydrogens (tertiary/aromatic N) is 1. The number of rotatable bonds is 7. The van der Waals surface area contributed by atoms with Gasteiger partial charge in [-0.3, -0.25) is 9.89 Å². The van der Waals surface area contributed by atoms with Crippen LogP contribution in [0.1, 0.15) is 18.9 Å². The zero-order valence-corrected chi connectivity index (χ0v) is 17.5. The van der Waals surface area contributed by atoms with Gasteiger partial charge in [0.1, 0.15) is 0 Å². The fraction of sp³-hybridized carbons (Fsp3) is 0.190. The Morgan fingerprint density at radius 3 is 2.47 bits per heavy atom. The van der Waals surface area contributed by atoms with Crippen LogP contribution in [0.4, 0.5) is 0 Å². The summed E-state index contributed by atoms with van der Waals surface area (Å²) in [7, 11) is -2.26. The van der Waals surface area contributed by atoms with Crippen LogP contribution in [-0.4, -0.2) is 31.9 Å². The average molecular weight is 429 g/mol. The predicted octanol–water partition coefficient (Wildman–Crippen LogP) is 0.850. The highest BCUT2D eigenvalue weighted by Gasteiger charge is 2.10. The number of hydrogen-bond acceptors (Lipinski definition) is 5. The number of H-pyrrole nitrogens is 1. The molecule has 30 heavy (non-hydrogen) atoms. The first kappa shape index (κ1) is 21.4. The van der Waals surface area contributed by atoms with Crippen LogP contribution in [0.15, 0.2) is 52.2 Å². The number of benzene rings is 2. The van der Waals surface area contributed by atoms with Gasteiger partial charge in [-0.05, 0) is 54.5 Å². The van der Waals surface area contributed by atoms with Crippen molar-refractivity contribution in [3.8, 4) is 17.2 Å². The fourth-order valence-corrected chi connectivity index (χ4v) is 3.40. The summed E-state index contributed by atoms with van der Waals surface area (Å²) >= 11 is 0. The van der Waals surface area contributed by atoms with E-state index in [1.807, 2.05) is 13.0 Å². The highest BCUT2D eigenvalue weighted by atomic mass is 32.2. The number of primary sulfonamides is 1. The second-order valence-corrected chi connectivity index (χ2v) is 8.15. The summed E-state index contributed by atoms with van der Waals surface area (Å²) in [5.41, 5.74) is 0.875. The SMILES string of the molecule is C=c1[nH]n(-c2ccc(S(N)(=O)=O)cc2)c(=O)/c1=C/c1ccc(OCCC)c(OC)c1. The van der Waals surface area contributed by atoms with E-state index >= 15 is 0 Å². The Morgan fingerprint density at radius 1 is 1.17 bits per heavy atom. The molecule has 0 fully saturated rings. The maximum atomic E-state index is 12.9. The molecule has 0 aliphatic carbocycles. The number of aromatic nitrogens is 2. The Kier molecular flexibility index (Phi) is 6.14. The lowest BCUT2D eigenvalue weighted by molar-refractivity contribution is 0.294. The van der Waals surface area contributed by atoms with Crippen molar-refractivity contribution in [2.24, 2.45) is 5.14 Å². The van der Waals surface area contributed by atoms with Crippen molar-refractivity contribution in [1.29, 1.82) is 0 Å². The summed E-state index contributed by atoms with van der Waals surface area (Å²) in [4.78, 5) is 12.9. The summed E-state index contributed by atoms with van der Waals surface area (Å²) in [6.07, 6.45) is 2.57. The summed E-state index contributed by atoms with van der Waals surface area (Å²) in [6, 6.07) is 11.1. The molecule has 3 aromatic rings. The van der Waals surface area contributed by atoms with Gasteiger partial charge >= 0.3 is 0 Å². The summed E-state index contributed by atoms with van der Waals surface area (Å²) in [5, 5.41) is 8.80. The average Bonchev–Trinajstić information content (AvgIpc) is 3.00. The van der Waals surface area contributed by atoms with Crippen LogP contribution >= 0.6 is 0 Å². The van der Waals surface area contributed by atoms with E-state index < -0.39 is 10.0 Å². The first-order valence-corrected chi connectivity index (χ1v) is 10.7. The molecule has 1 aromatic heterocycles. The van der Waals surface area contributed by atoms with Crippen molar-refractivity contribution in [1.82, 2.24) is 9.78 Å². The van der Waals surface area contributed by atoms with E-state index in [1.165, 1.54) is 28.9 Å². The molecule has 2 aromatic carbocycles. The molecule has 0 bridgehead atoms. The van der Waals surface area contributed by atoms with Gasteiger partial charge in [0.15, 0.2) is 11.5 Å². The predicted molar refractivity (Wildman–Crippen MR) is 115 cm³/mol. The lowest BCUT2D eigenvalue weighted by atomic mass is 10.1. The molecule has 9 heteroatoms. The molecule has 158 valence electrons. The molecule has 0 radical (unpaired) electrons. The molecule has 0 saturated carbocycles. The molecular weight excluding hydrogens is 406 g/mol. The molecule has 0 atom stereocenters. The minimum Gasteiger partial charge on any atom is -0.493 e. The Labute approximate surface area is 173 Å². The first-order valence-electron chi connectivity index (χ1n) is 9.20. The van der Waals surface area contributed by atoms with Crippen LogP contribution in [0.3, 0.4) is 0 Å². The second kappa shape index (κ2) is 8.60. The quantitative estimate of drug-likeness (QED) is 0.578. The van der Waals surface area contributed by atoms with E-state index in [0.29, 0.717) is 34.4 Å². The number of methoxy groups -OCH3 is 1. The molecule has 0 amide bonds. The summed E-state index contributed by atoms with van der Waals surface area (Å²) in [5.74, 6) is 1.20. The van der Waals surface area contributed by atoms with Crippen LogP contribution in [0.25, 0.3) is 18.3 Å². The van der Waals surface area contributed by atoms with E-state index in [1.54, 1.807) is 25.3 Å². The molecule has 0 unspecified atom stereocenters. The van der Waals surface area contributed by atoms with Crippen molar-refractivity contribution >= 4 is 22.7 Å². The first-order chi connectivity index (χ1) is 14.2. The van der Waals surface area contributed by atoms with Crippen LogP contribution in [-0.2, 0) is 10.0 Å². The van der Waals surface area contributed by atoms with Gasteiger partial charge in [-0.25, -0.2) is 18.2 Å². The summed E-state index contributed by atoms with van der Waals surface area (Å²) in [6.45, 7) is 6.50. The number of aromatic amines is 1. The van der Waals surface area contributed by atoms with Gasteiger partial charge in [-0.1, -0.05) is 19.6 Å². The lowest BCUT2D eigenvalue weighted by Gasteiger charge is -2.10. The van der Waals surface area contributed by atoms with Gasteiger partial charge in [0.2, 0.25) is 10.0 Å². The smallest absolute Gasteiger partial charge is 0.279 e. The van der Waals surface area contributed by atoms with Crippen molar-refractivity contribution in [2.45, 2.75) is 18.2 Å². The molecule has 3 N–H and O–H groups in total. The molecule has 3 rings (SSSR count). The van der Waals surface area contributed by atoms with E-state index in [2.05, 4.69) is 11.7 Å². The Hall–Kier alpha value is -3.30. The molecule has 8 nitrogen and oxygen atoms in total. The molecule has 0 aliphatic rings. The van der Waals surface area contributed by atoms with E-state index in [-0.39, 0.29) is 10.5 Å².